The lowest BCUT2D eigenvalue weighted by Gasteiger charge is -2.29. The fourth-order valence-electron chi connectivity index (χ4n) is 2.81. The van der Waals surface area contributed by atoms with Crippen molar-refractivity contribution >= 4 is 15.9 Å². The standard InChI is InChI=1S/C16H22BrN5/c1-3-10-21(12(2)14-6-4-5-7-15(14)17)11-16-18-19-20-22(16)13-8-9-13/h4-7,12-13H,3,8-11H2,1-2H3. The van der Waals surface area contributed by atoms with Gasteiger partial charge in [0.25, 0.3) is 0 Å². The van der Waals surface area contributed by atoms with E-state index in [1.807, 2.05) is 4.68 Å². The van der Waals surface area contributed by atoms with Gasteiger partial charge in [0.05, 0.1) is 12.6 Å². The Kier molecular flexibility index (Phi) is 4.88. The summed E-state index contributed by atoms with van der Waals surface area (Å²) in [4.78, 5) is 2.45. The molecule has 1 fully saturated rings. The summed E-state index contributed by atoms with van der Waals surface area (Å²) >= 11 is 3.67. The number of hydrogen-bond donors (Lipinski definition) is 0. The van der Waals surface area contributed by atoms with E-state index in [4.69, 9.17) is 0 Å². The van der Waals surface area contributed by atoms with E-state index in [0.29, 0.717) is 12.1 Å². The molecule has 1 aliphatic rings. The van der Waals surface area contributed by atoms with E-state index < -0.39 is 0 Å². The highest BCUT2D eigenvalue weighted by atomic mass is 79.9. The number of tetrazole rings is 1. The molecule has 5 nitrogen and oxygen atoms in total. The number of benzene rings is 1. The molecule has 1 aliphatic carbocycles. The number of nitrogens with zero attached hydrogens (tertiary/aromatic N) is 5. The highest BCUT2D eigenvalue weighted by molar-refractivity contribution is 9.10. The Balaban J connectivity index is 1.80. The molecule has 2 aromatic rings. The molecule has 0 bridgehead atoms. The largest absolute Gasteiger partial charge is 0.289 e. The Bertz CT molecular complexity index is 623. The van der Waals surface area contributed by atoms with Crippen molar-refractivity contribution < 1.29 is 0 Å². The van der Waals surface area contributed by atoms with Crippen LogP contribution in [0.15, 0.2) is 28.7 Å². The van der Waals surface area contributed by atoms with Gasteiger partial charge in [0.2, 0.25) is 0 Å². The van der Waals surface area contributed by atoms with Gasteiger partial charge in [-0.3, -0.25) is 4.90 Å². The maximum atomic E-state index is 4.25. The highest BCUT2D eigenvalue weighted by Crippen LogP contribution is 2.35. The van der Waals surface area contributed by atoms with Gasteiger partial charge in [-0.05, 0) is 54.8 Å². The molecule has 1 atom stereocenters. The van der Waals surface area contributed by atoms with Crippen LogP contribution in [0.1, 0.15) is 56.6 Å². The zero-order valence-electron chi connectivity index (χ0n) is 13.1. The molecule has 1 heterocycles. The molecule has 1 saturated carbocycles. The van der Waals surface area contributed by atoms with E-state index in [1.54, 1.807) is 0 Å². The number of hydrogen-bond acceptors (Lipinski definition) is 4. The lowest BCUT2D eigenvalue weighted by Crippen LogP contribution is -2.29. The average molecular weight is 364 g/mol. The molecule has 1 aromatic carbocycles. The first-order valence-electron chi connectivity index (χ1n) is 7.96. The first-order chi connectivity index (χ1) is 10.7. The van der Waals surface area contributed by atoms with E-state index in [-0.39, 0.29) is 0 Å². The molecule has 0 aliphatic heterocycles. The van der Waals surface area contributed by atoms with E-state index in [2.05, 4.69) is 74.5 Å². The second-order valence-electron chi connectivity index (χ2n) is 5.94. The molecule has 1 unspecified atom stereocenters. The fourth-order valence-corrected chi connectivity index (χ4v) is 3.42. The quantitative estimate of drug-likeness (QED) is 0.751. The van der Waals surface area contributed by atoms with Gasteiger partial charge >= 0.3 is 0 Å². The van der Waals surface area contributed by atoms with Gasteiger partial charge in [0.1, 0.15) is 0 Å². The molecule has 118 valence electrons. The molecule has 0 spiro atoms. The Morgan fingerprint density at radius 1 is 1.36 bits per heavy atom. The predicted octanol–water partition coefficient (Wildman–Crippen LogP) is 3.74. The van der Waals surface area contributed by atoms with Crippen LogP contribution in [0.5, 0.6) is 0 Å². The van der Waals surface area contributed by atoms with Crippen LogP contribution in [0.2, 0.25) is 0 Å². The normalized spacial score (nSPS) is 16.2. The molecular formula is C16H22BrN5. The monoisotopic (exact) mass is 363 g/mol. The van der Waals surface area contributed by atoms with Crippen molar-refractivity contribution in [2.75, 3.05) is 6.54 Å². The number of rotatable bonds is 7. The predicted molar refractivity (Wildman–Crippen MR) is 89.3 cm³/mol. The minimum absolute atomic E-state index is 0.319. The van der Waals surface area contributed by atoms with E-state index in [9.17, 15) is 0 Å². The van der Waals surface area contributed by atoms with Gasteiger partial charge in [0.15, 0.2) is 5.82 Å². The third kappa shape index (κ3) is 3.38. The molecule has 0 saturated heterocycles. The molecule has 0 radical (unpaired) electrons. The van der Waals surface area contributed by atoms with Crippen molar-refractivity contribution in [1.82, 2.24) is 25.1 Å². The minimum Gasteiger partial charge on any atom is -0.289 e. The van der Waals surface area contributed by atoms with E-state index in [0.717, 1.165) is 29.8 Å². The summed E-state index contributed by atoms with van der Waals surface area (Å²) in [5, 5.41) is 12.3. The van der Waals surface area contributed by atoms with Crippen molar-refractivity contribution in [3.05, 3.63) is 40.1 Å². The third-order valence-corrected chi connectivity index (χ3v) is 4.93. The third-order valence-electron chi connectivity index (χ3n) is 4.21. The topological polar surface area (TPSA) is 46.8 Å². The number of halogens is 1. The van der Waals surface area contributed by atoms with Crippen LogP contribution in [0.3, 0.4) is 0 Å². The van der Waals surface area contributed by atoms with Crippen molar-refractivity contribution in [3.63, 3.8) is 0 Å². The first-order valence-corrected chi connectivity index (χ1v) is 8.75. The maximum Gasteiger partial charge on any atom is 0.165 e. The Hall–Kier alpha value is -1.27. The van der Waals surface area contributed by atoms with Crippen molar-refractivity contribution in [2.24, 2.45) is 0 Å². The average Bonchev–Trinajstić information content (AvgIpc) is 3.26. The smallest absolute Gasteiger partial charge is 0.165 e. The summed E-state index contributed by atoms with van der Waals surface area (Å²) in [5.74, 6) is 0.981. The lowest BCUT2D eigenvalue weighted by molar-refractivity contribution is 0.192. The van der Waals surface area contributed by atoms with Gasteiger partial charge in [-0.25, -0.2) is 4.68 Å². The maximum absolute atomic E-state index is 4.25. The van der Waals surface area contributed by atoms with Crippen molar-refractivity contribution in [1.29, 1.82) is 0 Å². The minimum atomic E-state index is 0.319. The zero-order chi connectivity index (χ0) is 15.5. The number of aromatic nitrogens is 4. The fraction of sp³-hybridized carbons (Fsp3) is 0.562. The lowest BCUT2D eigenvalue weighted by atomic mass is 10.1. The van der Waals surface area contributed by atoms with Gasteiger partial charge in [-0.1, -0.05) is 41.1 Å². The van der Waals surface area contributed by atoms with Gasteiger partial charge < -0.3 is 0 Å². The SMILES string of the molecule is CCCN(Cc1nnnn1C1CC1)C(C)c1ccccc1Br. The van der Waals surface area contributed by atoms with E-state index in [1.165, 1.54) is 18.4 Å². The second-order valence-corrected chi connectivity index (χ2v) is 6.79. The van der Waals surface area contributed by atoms with Crippen LogP contribution in [-0.4, -0.2) is 31.7 Å². The highest BCUT2D eigenvalue weighted by Gasteiger charge is 2.29. The Morgan fingerprint density at radius 3 is 2.82 bits per heavy atom. The molecule has 0 amide bonds. The summed E-state index contributed by atoms with van der Waals surface area (Å²) in [6.07, 6.45) is 3.51. The van der Waals surface area contributed by atoms with Crippen LogP contribution >= 0.6 is 15.9 Å². The summed E-state index contributed by atoms with van der Waals surface area (Å²) < 4.78 is 3.17. The van der Waals surface area contributed by atoms with Crippen LogP contribution in [0.4, 0.5) is 0 Å². The molecule has 3 rings (SSSR count). The Morgan fingerprint density at radius 2 is 2.14 bits per heavy atom. The van der Waals surface area contributed by atoms with Gasteiger partial charge in [-0.2, -0.15) is 0 Å². The second kappa shape index (κ2) is 6.87. The summed E-state index contributed by atoms with van der Waals surface area (Å²) in [7, 11) is 0. The van der Waals surface area contributed by atoms with E-state index >= 15 is 0 Å². The Labute approximate surface area is 139 Å². The van der Waals surface area contributed by atoms with Crippen LogP contribution in [-0.2, 0) is 6.54 Å². The summed E-state index contributed by atoms with van der Waals surface area (Å²) in [6.45, 7) is 6.28. The summed E-state index contributed by atoms with van der Waals surface area (Å²) in [6, 6.07) is 9.27. The van der Waals surface area contributed by atoms with Crippen LogP contribution in [0.25, 0.3) is 0 Å². The van der Waals surface area contributed by atoms with Crippen LogP contribution in [0, 0.1) is 0 Å². The molecule has 22 heavy (non-hydrogen) atoms. The van der Waals surface area contributed by atoms with Crippen molar-refractivity contribution in [3.8, 4) is 0 Å². The summed E-state index contributed by atoms with van der Waals surface area (Å²) in [5.41, 5.74) is 1.31. The molecule has 1 aromatic heterocycles. The van der Waals surface area contributed by atoms with Gasteiger partial charge in [0, 0.05) is 10.5 Å². The van der Waals surface area contributed by atoms with Crippen molar-refractivity contribution in [2.45, 2.75) is 51.7 Å². The molecule has 6 heteroatoms. The molecular weight excluding hydrogens is 342 g/mol. The molecule has 0 N–H and O–H groups in total. The first kappa shape index (κ1) is 15.6. The van der Waals surface area contributed by atoms with Gasteiger partial charge in [-0.15, -0.1) is 5.10 Å². The zero-order valence-corrected chi connectivity index (χ0v) is 14.7. The van der Waals surface area contributed by atoms with Crippen LogP contribution < -0.4 is 0 Å².